The highest BCUT2D eigenvalue weighted by atomic mass is 16.3. The van der Waals surface area contributed by atoms with Gasteiger partial charge in [-0.25, -0.2) is 0 Å². The van der Waals surface area contributed by atoms with Crippen molar-refractivity contribution in [3.63, 3.8) is 0 Å². The Morgan fingerprint density at radius 3 is 2.76 bits per heavy atom. The second-order valence-corrected chi connectivity index (χ2v) is 3.55. The van der Waals surface area contributed by atoms with Crippen LogP contribution in [0.1, 0.15) is 5.56 Å². The number of benzene rings is 2. The van der Waals surface area contributed by atoms with E-state index < -0.39 is 6.35 Å². The number of aromatic hydroxyl groups is 1. The number of nitrogens with one attached hydrogen (secondary N) is 1. The van der Waals surface area contributed by atoms with Gasteiger partial charge in [-0.05, 0) is 16.8 Å². The molecule has 5 nitrogen and oxygen atoms in total. The van der Waals surface area contributed by atoms with Gasteiger partial charge in [0.2, 0.25) is 0 Å². The van der Waals surface area contributed by atoms with Crippen molar-refractivity contribution in [2.45, 2.75) is 6.35 Å². The summed E-state index contributed by atoms with van der Waals surface area (Å²) in [5, 5.41) is 24.2. The van der Waals surface area contributed by atoms with Crippen molar-refractivity contribution in [1.82, 2.24) is 5.43 Å². The lowest BCUT2D eigenvalue weighted by Crippen LogP contribution is -2.32. The zero-order valence-electron chi connectivity index (χ0n) is 9.04. The van der Waals surface area contributed by atoms with E-state index >= 15 is 0 Å². The molecule has 5 heteroatoms. The molecule has 2 rings (SSSR count). The molecule has 0 fully saturated rings. The average molecular weight is 231 g/mol. The van der Waals surface area contributed by atoms with Crippen molar-refractivity contribution in [3.8, 4) is 5.75 Å². The summed E-state index contributed by atoms with van der Waals surface area (Å²) in [4.78, 5) is 0. The number of fused-ring (bicyclic) bond motifs is 1. The minimum Gasteiger partial charge on any atom is -0.507 e. The van der Waals surface area contributed by atoms with E-state index in [1.807, 2.05) is 30.3 Å². The molecule has 0 heterocycles. The van der Waals surface area contributed by atoms with E-state index in [2.05, 4.69) is 10.5 Å². The summed E-state index contributed by atoms with van der Waals surface area (Å²) in [6.07, 6.45) is 0.205. The molecule has 0 aliphatic heterocycles. The average Bonchev–Trinajstić information content (AvgIpc) is 2.32. The molecule has 0 radical (unpaired) electrons. The first-order valence-electron chi connectivity index (χ1n) is 5.11. The van der Waals surface area contributed by atoms with Crippen molar-refractivity contribution in [1.29, 1.82) is 0 Å². The summed E-state index contributed by atoms with van der Waals surface area (Å²) in [5.74, 6) is 0.126. The molecule has 0 amide bonds. The molecule has 0 aliphatic carbocycles. The van der Waals surface area contributed by atoms with E-state index in [1.165, 1.54) is 6.21 Å². The van der Waals surface area contributed by atoms with Crippen LogP contribution in [0.25, 0.3) is 10.8 Å². The summed E-state index contributed by atoms with van der Waals surface area (Å²) in [7, 11) is 0. The molecule has 0 aliphatic rings. The number of aliphatic hydroxyl groups is 1. The number of hydrogen-bond acceptors (Lipinski definition) is 5. The lowest BCUT2D eigenvalue weighted by Gasteiger charge is -2.05. The van der Waals surface area contributed by atoms with Crippen molar-refractivity contribution in [3.05, 3.63) is 42.0 Å². The number of rotatable bonds is 3. The van der Waals surface area contributed by atoms with Gasteiger partial charge < -0.3 is 10.2 Å². The molecule has 2 aromatic rings. The molecule has 0 saturated heterocycles. The first-order chi connectivity index (χ1) is 8.18. The zero-order chi connectivity index (χ0) is 12.3. The van der Waals surface area contributed by atoms with E-state index in [9.17, 15) is 5.11 Å². The van der Waals surface area contributed by atoms with Crippen LogP contribution in [0, 0.1) is 0 Å². The van der Waals surface area contributed by atoms with Gasteiger partial charge in [-0.1, -0.05) is 30.3 Å². The Hall–Kier alpha value is -2.11. The van der Waals surface area contributed by atoms with Gasteiger partial charge >= 0.3 is 0 Å². The Kier molecular flexibility index (Phi) is 3.22. The molecule has 0 spiro atoms. The normalized spacial score (nSPS) is 13.1. The van der Waals surface area contributed by atoms with Gasteiger partial charge in [0.05, 0.1) is 6.21 Å². The van der Waals surface area contributed by atoms with Gasteiger partial charge in [-0.3, -0.25) is 11.2 Å². The molecule has 88 valence electrons. The van der Waals surface area contributed by atoms with Crippen molar-refractivity contribution < 1.29 is 10.2 Å². The summed E-state index contributed by atoms with van der Waals surface area (Å²) < 4.78 is 0. The number of phenols is 1. The molecule has 2 aromatic carbocycles. The smallest absolute Gasteiger partial charge is 0.193 e. The second kappa shape index (κ2) is 4.82. The van der Waals surface area contributed by atoms with Crippen molar-refractivity contribution in [2.24, 2.45) is 10.8 Å². The highest BCUT2D eigenvalue weighted by Gasteiger charge is 2.03. The minimum absolute atomic E-state index is 0.126. The molecule has 17 heavy (non-hydrogen) atoms. The van der Waals surface area contributed by atoms with Gasteiger partial charge in [0.25, 0.3) is 0 Å². The van der Waals surface area contributed by atoms with Crippen molar-refractivity contribution in [2.75, 3.05) is 0 Å². The minimum atomic E-state index is -1.22. The Morgan fingerprint density at radius 1 is 1.24 bits per heavy atom. The van der Waals surface area contributed by atoms with Crippen LogP contribution in [0.2, 0.25) is 0 Å². The van der Waals surface area contributed by atoms with E-state index in [4.69, 9.17) is 10.8 Å². The second-order valence-electron chi connectivity index (χ2n) is 3.55. The maximum atomic E-state index is 9.76. The monoisotopic (exact) mass is 231 g/mol. The van der Waals surface area contributed by atoms with Gasteiger partial charge in [-0.2, -0.15) is 5.10 Å². The van der Waals surface area contributed by atoms with E-state index in [1.54, 1.807) is 6.07 Å². The third-order valence-corrected chi connectivity index (χ3v) is 2.35. The predicted molar refractivity (Wildman–Crippen MR) is 66.5 cm³/mol. The molecular weight excluding hydrogens is 218 g/mol. The Labute approximate surface area is 98.2 Å². The fraction of sp³-hybridized carbons (Fsp3) is 0.0833. The molecule has 5 N–H and O–H groups in total. The number of hydrazone groups is 1. The van der Waals surface area contributed by atoms with Gasteiger partial charge in [-0.15, -0.1) is 0 Å². The molecular formula is C12H13N3O2. The van der Waals surface area contributed by atoms with Crippen LogP contribution in [0.15, 0.2) is 41.5 Å². The lowest BCUT2D eigenvalue weighted by atomic mass is 10.0. The predicted octanol–water partition coefficient (Wildman–Crippen LogP) is 0.704. The highest BCUT2D eigenvalue weighted by molar-refractivity contribution is 6.02. The van der Waals surface area contributed by atoms with Crippen LogP contribution in [-0.2, 0) is 0 Å². The molecule has 0 aromatic heterocycles. The SMILES string of the molecule is NC(O)NN=Cc1c(O)ccc2ccccc12. The van der Waals surface area contributed by atoms with E-state index in [-0.39, 0.29) is 5.75 Å². The van der Waals surface area contributed by atoms with Crippen molar-refractivity contribution >= 4 is 17.0 Å². The summed E-state index contributed by atoms with van der Waals surface area (Å²) in [5.41, 5.74) is 7.93. The third-order valence-electron chi connectivity index (χ3n) is 2.35. The number of aliphatic hydroxyl groups excluding tert-OH is 1. The molecule has 1 atom stereocenters. The van der Waals surface area contributed by atoms with Crippen LogP contribution in [0.5, 0.6) is 5.75 Å². The van der Waals surface area contributed by atoms with Gasteiger partial charge in [0.1, 0.15) is 5.75 Å². The van der Waals surface area contributed by atoms with Crippen LogP contribution in [0.3, 0.4) is 0 Å². The van der Waals surface area contributed by atoms with Crippen LogP contribution in [-0.4, -0.2) is 22.8 Å². The van der Waals surface area contributed by atoms with Gasteiger partial charge in [0, 0.05) is 5.56 Å². The number of nitrogens with two attached hydrogens (primary N) is 1. The number of nitrogens with zero attached hydrogens (tertiary/aromatic N) is 1. The molecule has 0 bridgehead atoms. The van der Waals surface area contributed by atoms with Crippen LogP contribution < -0.4 is 11.2 Å². The fourth-order valence-corrected chi connectivity index (χ4v) is 1.60. The van der Waals surface area contributed by atoms with E-state index in [0.29, 0.717) is 5.56 Å². The summed E-state index contributed by atoms with van der Waals surface area (Å²) in [6.45, 7) is 0. The molecule has 1 unspecified atom stereocenters. The zero-order valence-corrected chi connectivity index (χ0v) is 9.04. The van der Waals surface area contributed by atoms with Gasteiger partial charge in [0.15, 0.2) is 6.35 Å². The number of phenolic OH excluding ortho intramolecular Hbond substituents is 1. The number of hydrogen-bond donors (Lipinski definition) is 4. The Morgan fingerprint density at radius 2 is 2.00 bits per heavy atom. The standard InChI is InChI=1S/C12H13N3O2/c13-12(17)15-14-7-10-9-4-2-1-3-8(9)5-6-11(10)16/h1-7,12,15-17H,13H2. The third kappa shape index (κ3) is 2.52. The highest BCUT2D eigenvalue weighted by Crippen LogP contribution is 2.25. The van der Waals surface area contributed by atoms with Crippen LogP contribution in [0.4, 0.5) is 0 Å². The largest absolute Gasteiger partial charge is 0.507 e. The quantitative estimate of drug-likeness (QED) is 0.355. The van der Waals surface area contributed by atoms with E-state index in [0.717, 1.165) is 10.8 Å². The first-order valence-corrected chi connectivity index (χ1v) is 5.11. The maximum Gasteiger partial charge on any atom is 0.193 e. The topological polar surface area (TPSA) is 90.9 Å². The summed E-state index contributed by atoms with van der Waals surface area (Å²) >= 11 is 0. The molecule has 0 saturated carbocycles. The first kappa shape index (κ1) is 11.4. The Bertz CT molecular complexity index is 552. The lowest BCUT2D eigenvalue weighted by molar-refractivity contribution is 0.147. The van der Waals surface area contributed by atoms with Crippen LogP contribution >= 0.6 is 0 Å². The maximum absolute atomic E-state index is 9.76. The fourth-order valence-electron chi connectivity index (χ4n) is 1.60. The Balaban J connectivity index is 2.44. The summed E-state index contributed by atoms with van der Waals surface area (Å²) in [6, 6.07) is 11.1.